The van der Waals surface area contributed by atoms with E-state index in [1.807, 2.05) is 6.92 Å². The maximum absolute atomic E-state index is 13.5. The van der Waals surface area contributed by atoms with Gasteiger partial charge in [-0.25, -0.2) is 8.78 Å². The van der Waals surface area contributed by atoms with Gasteiger partial charge in [0.05, 0.1) is 5.71 Å². The Morgan fingerprint density at radius 2 is 2.06 bits per heavy atom. The highest BCUT2D eigenvalue weighted by Crippen LogP contribution is 2.20. The first-order chi connectivity index (χ1) is 7.58. The predicted molar refractivity (Wildman–Crippen MR) is 58.3 cm³/mol. The first kappa shape index (κ1) is 10.7. The second-order valence-corrected chi connectivity index (χ2v) is 3.81. The first-order valence-corrected chi connectivity index (χ1v) is 4.93. The fourth-order valence-electron chi connectivity index (χ4n) is 1.68. The van der Waals surface area contributed by atoms with Crippen molar-refractivity contribution in [1.82, 2.24) is 0 Å². The van der Waals surface area contributed by atoms with E-state index in [0.29, 0.717) is 18.0 Å². The summed E-state index contributed by atoms with van der Waals surface area (Å²) in [5, 5.41) is 7.59. The molecule has 1 unspecified atom stereocenters. The van der Waals surface area contributed by atoms with Crippen LogP contribution >= 0.6 is 0 Å². The summed E-state index contributed by atoms with van der Waals surface area (Å²) in [5.41, 5.74) is 6.31. The average Bonchev–Trinajstić information content (AvgIpc) is 2.19. The van der Waals surface area contributed by atoms with Crippen LogP contribution in [0.25, 0.3) is 0 Å². The minimum Gasteiger partial charge on any atom is -0.386 e. The van der Waals surface area contributed by atoms with Crippen molar-refractivity contribution in [2.45, 2.75) is 13.3 Å². The van der Waals surface area contributed by atoms with Gasteiger partial charge in [-0.05, 0) is 12.1 Å². The van der Waals surface area contributed by atoms with Crippen LogP contribution in [0.3, 0.4) is 0 Å². The van der Waals surface area contributed by atoms with Crippen LogP contribution in [0.1, 0.15) is 18.9 Å². The number of amidine groups is 1. The molecule has 0 saturated heterocycles. The van der Waals surface area contributed by atoms with Crippen molar-refractivity contribution in [3.63, 3.8) is 0 Å². The molecule has 1 atom stereocenters. The van der Waals surface area contributed by atoms with Crippen LogP contribution in [-0.2, 0) is 0 Å². The Kier molecular flexibility index (Phi) is 2.68. The van der Waals surface area contributed by atoms with Crippen molar-refractivity contribution in [2.75, 3.05) is 0 Å². The number of nitrogens with two attached hydrogens (primary N) is 1. The number of hydrogen-bond donors (Lipinski definition) is 1. The molecule has 84 valence electrons. The number of nitrogens with zero attached hydrogens (tertiary/aromatic N) is 2. The van der Waals surface area contributed by atoms with Gasteiger partial charge >= 0.3 is 0 Å². The molecule has 1 aromatic carbocycles. The fourth-order valence-corrected chi connectivity index (χ4v) is 1.68. The Bertz CT molecular complexity index is 480. The van der Waals surface area contributed by atoms with Gasteiger partial charge in [0.25, 0.3) is 0 Å². The number of rotatable bonds is 1. The van der Waals surface area contributed by atoms with E-state index in [4.69, 9.17) is 5.73 Å². The molecular formula is C11H11F2N3. The van der Waals surface area contributed by atoms with Gasteiger partial charge in [0.2, 0.25) is 0 Å². The summed E-state index contributed by atoms with van der Waals surface area (Å²) in [6, 6.07) is 3.42. The van der Waals surface area contributed by atoms with Gasteiger partial charge in [-0.1, -0.05) is 6.92 Å². The fraction of sp³-hybridized carbons (Fsp3) is 0.273. The van der Waals surface area contributed by atoms with Crippen LogP contribution in [0.5, 0.6) is 0 Å². The Labute approximate surface area is 91.7 Å². The molecule has 0 radical (unpaired) electrons. The van der Waals surface area contributed by atoms with Crippen molar-refractivity contribution >= 4 is 11.5 Å². The molecule has 0 aliphatic carbocycles. The molecule has 1 heterocycles. The lowest BCUT2D eigenvalue weighted by molar-refractivity contribution is 0.580. The first-order valence-electron chi connectivity index (χ1n) is 4.93. The number of halogens is 2. The van der Waals surface area contributed by atoms with E-state index >= 15 is 0 Å². The molecule has 1 aliphatic rings. The van der Waals surface area contributed by atoms with E-state index in [1.54, 1.807) is 0 Å². The van der Waals surface area contributed by atoms with Gasteiger partial charge in [0, 0.05) is 24.0 Å². The van der Waals surface area contributed by atoms with Crippen LogP contribution in [0.2, 0.25) is 0 Å². The minimum atomic E-state index is -0.624. The van der Waals surface area contributed by atoms with E-state index in [0.717, 1.165) is 6.07 Å². The van der Waals surface area contributed by atoms with Gasteiger partial charge < -0.3 is 5.73 Å². The van der Waals surface area contributed by atoms with Gasteiger partial charge in [-0.15, -0.1) is 5.10 Å². The summed E-state index contributed by atoms with van der Waals surface area (Å²) in [6.07, 6.45) is 0.537. The highest BCUT2D eigenvalue weighted by atomic mass is 19.1. The van der Waals surface area contributed by atoms with Crippen molar-refractivity contribution in [3.05, 3.63) is 35.4 Å². The highest BCUT2D eigenvalue weighted by molar-refractivity contribution is 6.05. The van der Waals surface area contributed by atoms with Crippen molar-refractivity contribution in [1.29, 1.82) is 0 Å². The monoisotopic (exact) mass is 223 g/mol. The van der Waals surface area contributed by atoms with Gasteiger partial charge in [-0.2, -0.15) is 5.10 Å². The quantitative estimate of drug-likeness (QED) is 0.778. The summed E-state index contributed by atoms with van der Waals surface area (Å²) in [6.45, 7) is 1.88. The third-order valence-corrected chi connectivity index (χ3v) is 2.48. The second kappa shape index (κ2) is 4.00. The molecule has 16 heavy (non-hydrogen) atoms. The van der Waals surface area contributed by atoms with Gasteiger partial charge in [0.15, 0.2) is 0 Å². The molecule has 0 fully saturated rings. The summed E-state index contributed by atoms with van der Waals surface area (Å²) in [5.74, 6) is -0.814. The average molecular weight is 223 g/mol. The molecule has 0 spiro atoms. The molecule has 3 nitrogen and oxygen atoms in total. The van der Waals surface area contributed by atoms with Crippen LogP contribution in [-0.4, -0.2) is 11.5 Å². The lowest BCUT2D eigenvalue weighted by Crippen LogP contribution is -2.25. The molecule has 1 aliphatic heterocycles. The normalized spacial score (nSPS) is 20.3. The van der Waals surface area contributed by atoms with E-state index in [1.165, 1.54) is 12.1 Å². The molecule has 2 N–H and O–H groups in total. The van der Waals surface area contributed by atoms with Crippen molar-refractivity contribution in [2.24, 2.45) is 21.9 Å². The summed E-state index contributed by atoms with van der Waals surface area (Å²) < 4.78 is 26.3. The molecule has 5 heteroatoms. The molecule has 0 amide bonds. The molecule has 2 rings (SSSR count). The molecule has 0 bridgehead atoms. The highest BCUT2D eigenvalue weighted by Gasteiger charge is 2.21. The van der Waals surface area contributed by atoms with E-state index in [-0.39, 0.29) is 11.5 Å². The second-order valence-electron chi connectivity index (χ2n) is 3.81. The third kappa shape index (κ3) is 1.93. The van der Waals surface area contributed by atoms with Crippen LogP contribution in [0.15, 0.2) is 28.4 Å². The Morgan fingerprint density at radius 3 is 2.69 bits per heavy atom. The maximum atomic E-state index is 13.5. The molecular weight excluding hydrogens is 212 g/mol. The Balaban J connectivity index is 2.44. The van der Waals surface area contributed by atoms with Crippen LogP contribution < -0.4 is 5.73 Å². The smallest absolute Gasteiger partial charge is 0.135 e. The lowest BCUT2D eigenvalue weighted by Gasteiger charge is -2.17. The standard InChI is InChI=1S/C11H11F2N3/c1-6-4-10(14)15-16-11(6)8-3-2-7(12)5-9(8)13/h2-3,5-6H,4H2,1H3,(H2,14,15). The van der Waals surface area contributed by atoms with Crippen molar-refractivity contribution in [3.8, 4) is 0 Å². The third-order valence-electron chi connectivity index (χ3n) is 2.48. The van der Waals surface area contributed by atoms with E-state index in [2.05, 4.69) is 10.2 Å². The topological polar surface area (TPSA) is 50.7 Å². The molecule has 1 aromatic rings. The minimum absolute atomic E-state index is 0.0162. The van der Waals surface area contributed by atoms with Crippen LogP contribution in [0, 0.1) is 17.6 Å². The maximum Gasteiger partial charge on any atom is 0.135 e. The Hall–Kier alpha value is -1.78. The van der Waals surface area contributed by atoms with Gasteiger partial charge in [-0.3, -0.25) is 0 Å². The van der Waals surface area contributed by atoms with Gasteiger partial charge in [0.1, 0.15) is 17.5 Å². The van der Waals surface area contributed by atoms with E-state index < -0.39 is 11.6 Å². The molecule has 0 aromatic heterocycles. The SMILES string of the molecule is CC1CC(N)=NN=C1c1ccc(F)cc1F. The summed E-state index contributed by atoms with van der Waals surface area (Å²) in [7, 11) is 0. The zero-order valence-corrected chi connectivity index (χ0v) is 8.74. The van der Waals surface area contributed by atoms with Crippen molar-refractivity contribution < 1.29 is 8.78 Å². The summed E-state index contributed by atoms with van der Waals surface area (Å²) in [4.78, 5) is 0. The largest absolute Gasteiger partial charge is 0.386 e. The Morgan fingerprint density at radius 1 is 1.31 bits per heavy atom. The summed E-state index contributed by atoms with van der Waals surface area (Å²) >= 11 is 0. The van der Waals surface area contributed by atoms with E-state index in [9.17, 15) is 8.78 Å². The van der Waals surface area contributed by atoms with Crippen LogP contribution in [0.4, 0.5) is 8.78 Å². The number of hydrogen-bond acceptors (Lipinski definition) is 3. The lowest BCUT2D eigenvalue weighted by atomic mass is 9.94. The number of benzene rings is 1. The zero-order valence-electron chi connectivity index (χ0n) is 8.74. The predicted octanol–water partition coefficient (Wildman–Crippen LogP) is 2.07. The molecule has 0 saturated carbocycles. The zero-order chi connectivity index (χ0) is 11.7.